The van der Waals surface area contributed by atoms with Gasteiger partial charge in [0.25, 0.3) is 0 Å². The number of carbonyl (C=O) groups excluding carboxylic acids is 2. The normalized spacial score (nSPS) is 13.2. The largest absolute Gasteiger partial charge is 0.368 e. The summed E-state index contributed by atoms with van der Waals surface area (Å²) in [5.41, 5.74) is 12.9. The van der Waals surface area contributed by atoms with E-state index >= 15 is 0 Å². The van der Waals surface area contributed by atoms with Crippen LogP contribution < -0.4 is 16.8 Å². The maximum absolute atomic E-state index is 11.9. The zero-order valence-electron chi connectivity index (χ0n) is 11.6. The number of hydrogen-bond acceptors (Lipinski definition) is 3. The predicted molar refractivity (Wildman–Crippen MR) is 84.0 cm³/mol. The van der Waals surface area contributed by atoms with Crippen molar-refractivity contribution in [2.75, 3.05) is 0 Å². The van der Waals surface area contributed by atoms with Crippen LogP contribution in [0.3, 0.4) is 0 Å². The zero-order chi connectivity index (χ0) is 14.7. The third kappa shape index (κ3) is 3.96. The lowest BCUT2D eigenvalue weighted by Crippen LogP contribution is -2.49. The van der Waals surface area contributed by atoms with Crippen LogP contribution in [-0.2, 0) is 16.0 Å². The molecule has 6 N–H and O–H groups in total. The monoisotopic (exact) mass is 310 g/mol. The number of halogens is 1. The molecule has 1 heterocycles. The van der Waals surface area contributed by atoms with Crippen LogP contribution in [0.4, 0.5) is 0 Å². The first-order chi connectivity index (χ1) is 9.49. The summed E-state index contributed by atoms with van der Waals surface area (Å²) in [6, 6.07) is 6.34. The quantitative estimate of drug-likeness (QED) is 0.643. The first-order valence-electron chi connectivity index (χ1n) is 6.39. The highest BCUT2D eigenvalue weighted by molar-refractivity contribution is 5.89. The molecule has 2 atom stereocenters. The van der Waals surface area contributed by atoms with E-state index in [0.29, 0.717) is 6.42 Å². The number of carbonyl (C=O) groups is 2. The molecule has 0 saturated heterocycles. The Morgan fingerprint density at radius 1 is 1.33 bits per heavy atom. The van der Waals surface area contributed by atoms with Crippen LogP contribution in [-0.4, -0.2) is 28.9 Å². The molecule has 0 bridgehead atoms. The second-order valence-electron chi connectivity index (χ2n) is 4.80. The van der Waals surface area contributed by atoms with E-state index in [4.69, 9.17) is 11.5 Å². The van der Waals surface area contributed by atoms with Crippen molar-refractivity contribution in [2.45, 2.75) is 25.4 Å². The summed E-state index contributed by atoms with van der Waals surface area (Å²) < 4.78 is 0. The predicted octanol–water partition coefficient (Wildman–Crippen LogP) is 0.449. The van der Waals surface area contributed by atoms with Gasteiger partial charge in [0.1, 0.15) is 6.04 Å². The smallest absolute Gasteiger partial charge is 0.239 e. The first kappa shape index (κ1) is 17.0. The van der Waals surface area contributed by atoms with Gasteiger partial charge in [-0.05, 0) is 25.0 Å². The van der Waals surface area contributed by atoms with Gasteiger partial charge in [-0.25, -0.2) is 0 Å². The number of fused-ring (bicyclic) bond motifs is 1. The van der Waals surface area contributed by atoms with E-state index < -0.39 is 18.0 Å². The molecule has 0 aliphatic carbocycles. The molecule has 0 aliphatic heterocycles. The lowest BCUT2D eigenvalue weighted by atomic mass is 10.0. The number of aromatic amines is 1. The second kappa shape index (κ2) is 7.10. The number of para-hydroxylation sites is 1. The van der Waals surface area contributed by atoms with Crippen LogP contribution in [0, 0.1) is 0 Å². The van der Waals surface area contributed by atoms with Crippen LogP contribution in [0.5, 0.6) is 0 Å². The van der Waals surface area contributed by atoms with Gasteiger partial charge in [0.2, 0.25) is 11.8 Å². The third-order valence-electron chi connectivity index (χ3n) is 3.24. The summed E-state index contributed by atoms with van der Waals surface area (Å²) in [5.74, 6) is -0.973. The average molecular weight is 311 g/mol. The Kier molecular flexibility index (Phi) is 5.75. The summed E-state index contributed by atoms with van der Waals surface area (Å²) in [5, 5.41) is 3.53. The van der Waals surface area contributed by atoms with Gasteiger partial charge in [-0.3, -0.25) is 9.59 Å². The van der Waals surface area contributed by atoms with E-state index in [1.807, 2.05) is 30.5 Å². The number of nitrogens with two attached hydrogens (primary N) is 2. The maximum atomic E-state index is 11.9. The van der Waals surface area contributed by atoms with Crippen molar-refractivity contribution in [1.29, 1.82) is 0 Å². The van der Waals surface area contributed by atoms with Crippen molar-refractivity contribution < 1.29 is 9.59 Å². The molecule has 0 saturated carbocycles. The Hall–Kier alpha value is -2.05. The molecule has 0 unspecified atom stereocenters. The molecular weight excluding hydrogens is 292 g/mol. The van der Waals surface area contributed by atoms with E-state index in [1.54, 1.807) is 0 Å². The fourth-order valence-corrected chi connectivity index (χ4v) is 2.02. The standard InChI is InChI=1S/C14H18N4O2.ClH/c1-8(13(16)19)18-14(20)11(15)6-9-7-17-12-5-3-2-4-10(9)12;/h2-5,7-8,11,17H,6,15H2,1H3,(H2,16,19)(H,18,20);1H/t8-,11-;/m0./s1. The molecule has 2 aromatic rings. The highest BCUT2D eigenvalue weighted by Gasteiger charge is 2.19. The van der Waals surface area contributed by atoms with E-state index in [0.717, 1.165) is 16.5 Å². The minimum Gasteiger partial charge on any atom is -0.368 e. The van der Waals surface area contributed by atoms with Crippen molar-refractivity contribution in [3.05, 3.63) is 36.0 Å². The first-order valence-corrected chi connectivity index (χ1v) is 6.39. The SMILES string of the molecule is C[C@H](NC(=O)[C@@H](N)Cc1c[nH]c2ccccc12)C(N)=O.Cl. The van der Waals surface area contributed by atoms with Crippen LogP contribution in [0.1, 0.15) is 12.5 Å². The van der Waals surface area contributed by atoms with Gasteiger partial charge in [-0.15, -0.1) is 12.4 Å². The summed E-state index contributed by atoms with van der Waals surface area (Å²) in [6.07, 6.45) is 2.23. The van der Waals surface area contributed by atoms with Crippen molar-refractivity contribution in [1.82, 2.24) is 10.3 Å². The molecule has 0 aliphatic rings. The number of rotatable bonds is 5. The van der Waals surface area contributed by atoms with E-state index in [2.05, 4.69) is 10.3 Å². The Labute approximate surface area is 128 Å². The van der Waals surface area contributed by atoms with Crippen LogP contribution in [0.2, 0.25) is 0 Å². The van der Waals surface area contributed by atoms with E-state index in [9.17, 15) is 9.59 Å². The minimum absolute atomic E-state index is 0. The Morgan fingerprint density at radius 3 is 2.67 bits per heavy atom. The number of H-pyrrole nitrogens is 1. The fraction of sp³-hybridized carbons (Fsp3) is 0.286. The Morgan fingerprint density at radius 2 is 2.00 bits per heavy atom. The van der Waals surface area contributed by atoms with Crippen molar-refractivity contribution in [3.8, 4) is 0 Å². The molecule has 0 spiro atoms. The number of primary amides is 1. The topological polar surface area (TPSA) is 114 Å². The fourth-order valence-electron chi connectivity index (χ4n) is 2.02. The van der Waals surface area contributed by atoms with Crippen LogP contribution in [0.15, 0.2) is 30.5 Å². The number of nitrogens with one attached hydrogen (secondary N) is 2. The van der Waals surface area contributed by atoms with Crippen molar-refractivity contribution in [2.24, 2.45) is 11.5 Å². The average Bonchev–Trinajstić information content (AvgIpc) is 2.82. The molecule has 7 heteroatoms. The zero-order valence-corrected chi connectivity index (χ0v) is 12.4. The Balaban J connectivity index is 0.00000220. The van der Waals surface area contributed by atoms with Gasteiger partial charge in [0.15, 0.2) is 0 Å². The lowest BCUT2D eigenvalue weighted by molar-refractivity contribution is -0.127. The van der Waals surface area contributed by atoms with Crippen molar-refractivity contribution in [3.63, 3.8) is 0 Å². The molecule has 21 heavy (non-hydrogen) atoms. The van der Waals surface area contributed by atoms with Gasteiger partial charge in [-0.1, -0.05) is 18.2 Å². The van der Waals surface area contributed by atoms with Gasteiger partial charge < -0.3 is 21.8 Å². The number of benzene rings is 1. The second-order valence-corrected chi connectivity index (χ2v) is 4.80. The minimum atomic E-state index is -0.726. The summed E-state index contributed by atoms with van der Waals surface area (Å²) in [4.78, 5) is 25.9. The van der Waals surface area contributed by atoms with Gasteiger partial charge in [-0.2, -0.15) is 0 Å². The highest BCUT2D eigenvalue weighted by atomic mass is 35.5. The molecule has 2 amide bonds. The molecule has 0 fully saturated rings. The van der Waals surface area contributed by atoms with Gasteiger partial charge >= 0.3 is 0 Å². The summed E-state index contributed by atoms with van der Waals surface area (Å²) in [7, 11) is 0. The summed E-state index contributed by atoms with van der Waals surface area (Å²) in [6.45, 7) is 1.53. The maximum Gasteiger partial charge on any atom is 0.239 e. The lowest BCUT2D eigenvalue weighted by Gasteiger charge is -2.15. The van der Waals surface area contributed by atoms with Crippen LogP contribution in [0.25, 0.3) is 10.9 Å². The van der Waals surface area contributed by atoms with E-state index in [1.165, 1.54) is 6.92 Å². The number of hydrogen-bond donors (Lipinski definition) is 4. The molecule has 0 radical (unpaired) electrons. The molecule has 1 aromatic carbocycles. The van der Waals surface area contributed by atoms with E-state index in [-0.39, 0.29) is 18.3 Å². The molecule has 6 nitrogen and oxygen atoms in total. The molecule has 1 aromatic heterocycles. The van der Waals surface area contributed by atoms with Gasteiger partial charge in [0, 0.05) is 17.1 Å². The molecular formula is C14H19ClN4O2. The number of aromatic nitrogens is 1. The van der Waals surface area contributed by atoms with Gasteiger partial charge in [0.05, 0.1) is 6.04 Å². The Bertz CT molecular complexity index is 641. The summed E-state index contributed by atoms with van der Waals surface area (Å²) >= 11 is 0. The van der Waals surface area contributed by atoms with Crippen LogP contribution >= 0.6 is 12.4 Å². The molecule has 2 rings (SSSR count). The third-order valence-corrected chi connectivity index (χ3v) is 3.24. The number of amides is 2. The highest BCUT2D eigenvalue weighted by Crippen LogP contribution is 2.18. The van der Waals surface area contributed by atoms with Crippen molar-refractivity contribution >= 4 is 35.1 Å². The molecule has 114 valence electrons.